The third kappa shape index (κ3) is 4.22. The molecule has 0 saturated carbocycles. The largest absolute Gasteiger partial charge is 0.471 e. The summed E-state index contributed by atoms with van der Waals surface area (Å²) in [6, 6.07) is 5.60. The van der Waals surface area contributed by atoms with E-state index in [1.54, 1.807) is 27.9 Å². The van der Waals surface area contributed by atoms with Crippen LogP contribution >= 0.6 is 22.6 Å². The standard InChI is InChI=1S/C12H9F3INO3/c1-20-10(18)8-4-2-7(3-5-8)9(6-16)17-11(19)12(13,14)15/h2-6H,1H3,(H,17,19)/b9-6-. The van der Waals surface area contributed by atoms with Gasteiger partial charge in [-0.1, -0.05) is 34.7 Å². The monoisotopic (exact) mass is 399 g/mol. The zero-order valence-corrected chi connectivity index (χ0v) is 12.3. The summed E-state index contributed by atoms with van der Waals surface area (Å²) in [4.78, 5) is 22.1. The van der Waals surface area contributed by atoms with Crippen LogP contribution < -0.4 is 5.32 Å². The SMILES string of the molecule is COC(=O)c1ccc(/C(=C/I)NC(=O)C(F)(F)F)cc1. The van der Waals surface area contributed by atoms with Crippen LogP contribution in [0.3, 0.4) is 0 Å². The maximum absolute atomic E-state index is 12.2. The average Bonchev–Trinajstić information content (AvgIpc) is 2.42. The predicted molar refractivity (Wildman–Crippen MR) is 74.0 cm³/mol. The van der Waals surface area contributed by atoms with Gasteiger partial charge in [-0.25, -0.2) is 4.79 Å². The van der Waals surface area contributed by atoms with E-state index >= 15 is 0 Å². The van der Waals surface area contributed by atoms with Crippen LogP contribution in [0.2, 0.25) is 0 Å². The van der Waals surface area contributed by atoms with Crippen molar-refractivity contribution in [2.24, 2.45) is 0 Å². The summed E-state index contributed by atoms with van der Waals surface area (Å²) in [6.07, 6.45) is -4.96. The quantitative estimate of drug-likeness (QED) is 0.629. The number of amides is 1. The van der Waals surface area contributed by atoms with Crippen LogP contribution in [0, 0.1) is 0 Å². The third-order valence-corrected chi connectivity index (χ3v) is 2.85. The van der Waals surface area contributed by atoms with Crippen LogP contribution in [0.25, 0.3) is 5.70 Å². The van der Waals surface area contributed by atoms with Gasteiger partial charge >= 0.3 is 18.1 Å². The maximum atomic E-state index is 12.2. The fraction of sp³-hybridized carbons (Fsp3) is 0.167. The average molecular weight is 399 g/mol. The number of nitrogens with one attached hydrogen (secondary N) is 1. The van der Waals surface area contributed by atoms with E-state index in [9.17, 15) is 22.8 Å². The van der Waals surface area contributed by atoms with E-state index in [1.807, 2.05) is 0 Å². The molecular weight excluding hydrogens is 390 g/mol. The molecular formula is C12H9F3INO3. The molecule has 0 saturated heterocycles. The summed E-state index contributed by atoms with van der Waals surface area (Å²) in [7, 11) is 1.22. The molecule has 0 heterocycles. The van der Waals surface area contributed by atoms with Gasteiger partial charge in [-0.05, 0) is 17.7 Å². The number of rotatable bonds is 3. The fourth-order valence-corrected chi connectivity index (χ4v) is 1.77. The summed E-state index contributed by atoms with van der Waals surface area (Å²) in [5.74, 6) is -2.62. The van der Waals surface area contributed by atoms with Crippen LogP contribution in [0.1, 0.15) is 15.9 Å². The van der Waals surface area contributed by atoms with Gasteiger partial charge in [-0.15, -0.1) is 0 Å². The first-order valence-electron chi connectivity index (χ1n) is 5.17. The first kappa shape index (κ1) is 16.5. The molecule has 1 rings (SSSR count). The Morgan fingerprint density at radius 1 is 1.20 bits per heavy atom. The molecule has 0 unspecified atom stereocenters. The molecule has 0 spiro atoms. The second-order valence-electron chi connectivity index (χ2n) is 3.54. The Morgan fingerprint density at radius 2 is 1.70 bits per heavy atom. The first-order chi connectivity index (χ1) is 9.29. The molecule has 1 amide bonds. The topological polar surface area (TPSA) is 55.4 Å². The van der Waals surface area contributed by atoms with Crippen LogP contribution in [0.4, 0.5) is 13.2 Å². The van der Waals surface area contributed by atoms with E-state index in [4.69, 9.17) is 0 Å². The summed E-state index contributed by atoms with van der Waals surface area (Å²) in [5, 5.41) is 1.76. The Balaban J connectivity index is 2.92. The Kier molecular flexibility index (Phi) is 5.54. The normalized spacial score (nSPS) is 11.9. The van der Waals surface area contributed by atoms with Crippen molar-refractivity contribution in [1.82, 2.24) is 5.32 Å². The molecule has 1 aromatic rings. The van der Waals surface area contributed by atoms with E-state index in [-0.39, 0.29) is 11.3 Å². The molecule has 0 aliphatic rings. The smallest absolute Gasteiger partial charge is 0.465 e. The lowest BCUT2D eigenvalue weighted by Crippen LogP contribution is -2.35. The van der Waals surface area contributed by atoms with E-state index in [0.29, 0.717) is 5.56 Å². The van der Waals surface area contributed by atoms with Gasteiger partial charge in [-0.3, -0.25) is 4.79 Å². The molecule has 0 fully saturated rings. The van der Waals surface area contributed by atoms with Crippen molar-refractivity contribution < 1.29 is 27.5 Å². The maximum Gasteiger partial charge on any atom is 0.471 e. The Morgan fingerprint density at radius 3 is 2.10 bits per heavy atom. The first-order valence-corrected chi connectivity index (χ1v) is 6.41. The van der Waals surface area contributed by atoms with Gasteiger partial charge in [-0.2, -0.15) is 13.2 Å². The number of benzene rings is 1. The minimum atomic E-state index is -4.96. The van der Waals surface area contributed by atoms with Gasteiger partial charge in [0.1, 0.15) is 0 Å². The Hall–Kier alpha value is -1.58. The van der Waals surface area contributed by atoms with Crippen LogP contribution in [0.15, 0.2) is 28.3 Å². The van der Waals surface area contributed by atoms with E-state index in [0.717, 1.165) is 0 Å². The van der Waals surface area contributed by atoms with Gasteiger partial charge in [0.15, 0.2) is 0 Å². The van der Waals surface area contributed by atoms with Gasteiger partial charge in [0.05, 0.1) is 18.4 Å². The van der Waals surface area contributed by atoms with Crippen molar-refractivity contribution >= 4 is 40.2 Å². The van der Waals surface area contributed by atoms with Crippen LogP contribution in [-0.4, -0.2) is 25.2 Å². The molecule has 108 valence electrons. The molecule has 0 aromatic heterocycles. The number of ether oxygens (including phenoxy) is 1. The zero-order valence-electron chi connectivity index (χ0n) is 10.1. The second kappa shape index (κ2) is 6.73. The van der Waals surface area contributed by atoms with Crippen molar-refractivity contribution in [3.05, 3.63) is 39.5 Å². The Labute approximate surface area is 126 Å². The van der Waals surface area contributed by atoms with E-state index < -0.39 is 18.1 Å². The number of methoxy groups -OCH3 is 1. The van der Waals surface area contributed by atoms with Crippen LogP contribution in [-0.2, 0) is 9.53 Å². The van der Waals surface area contributed by atoms with E-state index in [2.05, 4.69) is 4.74 Å². The molecule has 8 heteroatoms. The number of esters is 1. The van der Waals surface area contributed by atoms with Crippen molar-refractivity contribution in [2.75, 3.05) is 7.11 Å². The molecule has 0 bridgehead atoms. The van der Waals surface area contributed by atoms with Crippen molar-refractivity contribution in [2.45, 2.75) is 6.18 Å². The molecule has 20 heavy (non-hydrogen) atoms. The molecule has 4 nitrogen and oxygen atoms in total. The summed E-state index contributed by atoms with van der Waals surface area (Å²) < 4.78 is 42.3. The highest BCUT2D eigenvalue weighted by Gasteiger charge is 2.39. The molecule has 0 aliphatic carbocycles. The number of hydrogen-bond donors (Lipinski definition) is 1. The molecule has 0 radical (unpaired) electrons. The number of hydrogen-bond acceptors (Lipinski definition) is 3. The molecule has 0 aliphatic heterocycles. The van der Waals surface area contributed by atoms with Gasteiger partial charge in [0.25, 0.3) is 0 Å². The molecule has 0 atom stereocenters. The molecule has 1 aromatic carbocycles. The van der Waals surface area contributed by atoms with Gasteiger partial charge < -0.3 is 10.1 Å². The lowest BCUT2D eigenvalue weighted by Gasteiger charge is -2.11. The van der Waals surface area contributed by atoms with Gasteiger partial charge in [0, 0.05) is 4.08 Å². The van der Waals surface area contributed by atoms with Crippen molar-refractivity contribution in [1.29, 1.82) is 0 Å². The fourth-order valence-electron chi connectivity index (χ4n) is 1.26. The highest BCUT2D eigenvalue weighted by atomic mass is 127. The summed E-state index contributed by atoms with van der Waals surface area (Å²) in [5.41, 5.74) is 0.584. The lowest BCUT2D eigenvalue weighted by molar-refractivity contribution is -0.172. The van der Waals surface area contributed by atoms with E-state index in [1.165, 1.54) is 35.5 Å². The van der Waals surface area contributed by atoms with Crippen molar-refractivity contribution in [3.8, 4) is 0 Å². The lowest BCUT2D eigenvalue weighted by atomic mass is 10.1. The third-order valence-electron chi connectivity index (χ3n) is 2.23. The van der Waals surface area contributed by atoms with Crippen molar-refractivity contribution in [3.63, 3.8) is 0 Å². The molecule has 1 N–H and O–H groups in total. The minimum absolute atomic E-state index is 0.00987. The van der Waals surface area contributed by atoms with Crippen LogP contribution in [0.5, 0.6) is 0 Å². The second-order valence-corrected chi connectivity index (χ2v) is 4.17. The summed E-state index contributed by atoms with van der Waals surface area (Å²) >= 11 is 1.71. The minimum Gasteiger partial charge on any atom is -0.465 e. The van der Waals surface area contributed by atoms with Gasteiger partial charge in [0.2, 0.25) is 0 Å². The number of carbonyl (C=O) groups is 2. The highest BCUT2D eigenvalue weighted by Crippen LogP contribution is 2.19. The predicted octanol–water partition coefficient (Wildman–Crippen LogP) is 2.89. The number of halogens is 4. The zero-order chi connectivity index (χ0) is 15.3. The number of alkyl halides is 3. The Bertz CT molecular complexity index is 538. The number of carbonyl (C=O) groups excluding carboxylic acids is 2. The highest BCUT2D eigenvalue weighted by molar-refractivity contribution is 14.1. The summed E-state index contributed by atoms with van der Waals surface area (Å²) in [6.45, 7) is 0.